The number of carbonyl (C=O) groups is 1. The van der Waals surface area contributed by atoms with E-state index in [4.69, 9.17) is 4.74 Å². The fourth-order valence-electron chi connectivity index (χ4n) is 1.87. The van der Waals surface area contributed by atoms with E-state index in [0.717, 1.165) is 17.9 Å². The van der Waals surface area contributed by atoms with Crippen molar-refractivity contribution < 1.29 is 9.53 Å². The normalized spacial score (nSPS) is 10.7. The van der Waals surface area contributed by atoms with E-state index >= 15 is 0 Å². The Balaban J connectivity index is 2.22. The Morgan fingerprint density at radius 1 is 1.37 bits per heavy atom. The number of aryl methyl sites for hydroxylation is 2. The smallest absolute Gasteiger partial charge is 0.221 e. The number of amides is 1. The first-order chi connectivity index (χ1) is 9.06. The maximum absolute atomic E-state index is 11.4. The predicted octanol–water partition coefficient (Wildman–Crippen LogP) is 0.279. The molecule has 1 aromatic heterocycles. The molecule has 0 spiro atoms. The molecule has 0 unspecified atom stereocenters. The number of ether oxygens (including phenoxy) is 1. The van der Waals surface area contributed by atoms with E-state index < -0.39 is 0 Å². The highest BCUT2D eigenvalue weighted by Gasteiger charge is 2.08. The topological polar surface area (TPSA) is 68.2 Å². The van der Waals surface area contributed by atoms with Crippen LogP contribution in [0.3, 0.4) is 0 Å². The summed E-state index contributed by atoms with van der Waals surface area (Å²) in [5.74, 6) is 0.0455. The average Bonchev–Trinajstić information content (AvgIpc) is 2.60. The Labute approximate surface area is 114 Å². The minimum Gasteiger partial charge on any atom is -0.383 e. The van der Waals surface area contributed by atoms with Gasteiger partial charge in [0.15, 0.2) is 0 Å². The summed E-state index contributed by atoms with van der Waals surface area (Å²) in [5.41, 5.74) is 3.41. The third-order valence-electron chi connectivity index (χ3n) is 3.12. The summed E-state index contributed by atoms with van der Waals surface area (Å²) in [4.78, 5) is 11.4. The van der Waals surface area contributed by atoms with Crippen molar-refractivity contribution in [3.8, 4) is 0 Å². The maximum atomic E-state index is 11.4. The van der Waals surface area contributed by atoms with Crippen LogP contribution in [0.4, 0.5) is 0 Å². The van der Waals surface area contributed by atoms with Gasteiger partial charge in [-0.05, 0) is 13.8 Å². The molecule has 1 amide bonds. The molecule has 0 aromatic carbocycles. The fraction of sp³-hybridized carbons (Fsp3) is 0.692. The van der Waals surface area contributed by atoms with Crippen LogP contribution in [0.25, 0.3) is 0 Å². The predicted molar refractivity (Wildman–Crippen MR) is 73.9 cm³/mol. The molecule has 0 bridgehead atoms. The summed E-state index contributed by atoms with van der Waals surface area (Å²) >= 11 is 0. The van der Waals surface area contributed by atoms with Gasteiger partial charge in [0.2, 0.25) is 5.91 Å². The minimum absolute atomic E-state index is 0.0455. The molecular formula is C13H24N4O2. The molecule has 108 valence electrons. The van der Waals surface area contributed by atoms with Crippen LogP contribution in [0, 0.1) is 13.8 Å². The largest absolute Gasteiger partial charge is 0.383 e. The highest BCUT2D eigenvalue weighted by molar-refractivity contribution is 5.76. The van der Waals surface area contributed by atoms with Crippen molar-refractivity contribution in [2.45, 2.75) is 26.8 Å². The van der Waals surface area contributed by atoms with E-state index in [-0.39, 0.29) is 5.91 Å². The molecule has 2 N–H and O–H groups in total. The van der Waals surface area contributed by atoms with E-state index in [0.29, 0.717) is 26.1 Å². The number of hydrogen-bond donors (Lipinski definition) is 2. The molecule has 1 heterocycles. The summed E-state index contributed by atoms with van der Waals surface area (Å²) in [6.07, 6.45) is 0.474. The van der Waals surface area contributed by atoms with Crippen molar-refractivity contribution in [1.82, 2.24) is 20.4 Å². The van der Waals surface area contributed by atoms with E-state index in [2.05, 4.69) is 22.7 Å². The van der Waals surface area contributed by atoms with Crippen molar-refractivity contribution in [1.29, 1.82) is 0 Å². The van der Waals surface area contributed by atoms with E-state index in [9.17, 15) is 4.79 Å². The third-order valence-corrected chi connectivity index (χ3v) is 3.12. The van der Waals surface area contributed by atoms with Gasteiger partial charge in [0.05, 0.1) is 12.3 Å². The van der Waals surface area contributed by atoms with Gasteiger partial charge in [-0.25, -0.2) is 0 Å². The zero-order valence-corrected chi connectivity index (χ0v) is 12.2. The Morgan fingerprint density at radius 2 is 2.11 bits per heavy atom. The van der Waals surface area contributed by atoms with Crippen molar-refractivity contribution in [2.24, 2.45) is 7.05 Å². The van der Waals surface area contributed by atoms with Crippen molar-refractivity contribution >= 4 is 5.91 Å². The Morgan fingerprint density at radius 3 is 2.68 bits per heavy atom. The van der Waals surface area contributed by atoms with Gasteiger partial charge in [-0.3, -0.25) is 9.48 Å². The van der Waals surface area contributed by atoms with Gasteiger partial charge in [0.25, 0.3) is 0 Å². The Kier molecular flexibility index (Phi) is 6.52. The zero-order valence-electron chi connectivity index (χ0n) is 12.2. The summed E-state index contributed by atoms with van der Waals surface area (Å²) in [5, 5.41) is 10.4. The SMILES string of the molecule is COCCNC(=O)CCNCc1c(C)nn(C)c1C. The second-order valence-electron chi connectivity index (χ2n) is 4.54. The monoisotopic (exact) mass is 268 g/mol. The van der Waals surface area contributed by atoms with Crippen molar-refractivity contribution in [3.05, 3.63) is 17.0 Å². The van der Waals surface area contributed by atoms with Crippen LogP contribution < -0.4 is 10.6 Å². The van der Waals surface area contributed by atoms with Crippen molar-refractivity contribution in [3.63, 3.8) is 0 Å². The molecule has 0 saturated heterocycles. The minimum atomic E-state index is 0.0455. The number of nitrogens with one attached hydrogen (secondary N) is 2. The Bertz CT molecular complexity index is 415. The zero-order chi connectivity index (χ0) is 14.3. The van der Waals surface area contributed by atoms with Crippen LogP contribution in [0.2, 0.25) is 0 Å². The molecule has 0 radical (unpaired) electrons. The number of hydrogen-bond acceptors (Lipinski definition) is 4. The standard InChI is InChI=1S/C13H24N4O2/c1-10-12(11(2)17(3)16-10)9-14-6-5-13(18)15-7-8-19-4/h14H,5-9H2,1-4H3,(H,15,18). The number of rotatable bonds is 8. The van der Waals surface area contributed by atoms with Crippen LogP contribution in [0.15, 0.2) is 0 Å². The molecular weight excluding hydrogens is 244 g/mol. The van der Waals surface area contributed by atoms with Gasteiger partial charge in [0.1, 0.15) is 0 Å². The van der Waals surface area contributed by atoms with Crippen LogP contribution >= 0.6 is 0 Å². The van der Waals surface area contributed by atoms with Gasteiger partial charge in [-0.15, -0.1) is 0 Å². The Hall–Kier alpha value is -1.40. The van der Waals surface area contributed by atoms with Gasteiger partial charge in [0, 0.05) is 51.5 Å². The van der Waals surface area contributed by atoms with Gasteiger partial charge in [-0.2, -0.15) is 5.10 Å². The van der Waals surface area contributed by atoms with E-state index in [1.54, 1.807) is 7.11 Å². The maximum Gasteiger partial charge on any atom is 0.221 e. The summed E-state index contributed by atoms with van der Waals surface area (Å²) in [6, 6.07) is 0. The molecule has 0 saturated carbocycles. The average molecular weight is 268 g/mol. The lowest BCUT2D eigenvalue weighted by atomic mass is 10.2. The van der Waals surface area contributed by atoms with E-state index in [1.165, 1.54) is 5.56 Å². The number of carbonyl (C=O) groups excluding carboxylic acids is 1. The molecule has 6 nitrogen and oxygen atoms in total. The van der Waals surface area contributed by atoms with Gasteiger partial charge >= 0.3 is 0 Å². The van der Waals surface area contributed by atoms with Crippen LogP contribution in [0.5, 0.6) is 0 Å². The summed E-state index contributed by atoms with van der Waals surface area (Å²) in [7, 11) is 3.56. The first kappa shape index (κ1) is 15.7. The van der Waals surface area contributed by atoms with E-state index in [1.807, 2.05) is 18.7 Å². The second kappa shape index (κ2) is 7.91. The molecule has 1 aromatic rings. The lowest BCUT2D eigenvalue weighted by Crippen LogP contribution is -2.30. The number of methoxy groups -OCH3 is 1. The van der Waals surface area contributed by atoms with Crippen LogP contribution in [-0.2, 0) is 23.1 Å². The molecule has 6 heteroatoms. The lowest BCUT2D eigenvalue weighted by Gasteiger charge is -2.06. The quantitative estimate of drug-likeness (QED) is 0.665. The molecule has 19 heavy (non-hydrogen) atoms. The number of nitrogens with zero attached hydrogens (tertiary/aromatic N) is 2. The summed E-state index contributed by atoms with van der Waals surface area (Å²) in [6.45, 7) is 6.57. The molecule has 1 rings (SSSR count). The fourth-order valence-corrected chi connectivity index (χ4v) is 1.87. The molecule has 0 aliphatic heterocycles. The first-order valence-electron chi connectivity index (χ1n) is 6.51. The van der Waals surface area contributed by atoms with Gasteiger partial charge < -0.3 is 15.4 Å². The van der Waals surface area contributed by atoms with Crippen molar-refractivity contribution in [2.75, 3.05) is 26.8 Å². The highest BCUT2D eigenvalue weighted by Crippen LogP contribution is 2.10. The molecule has 0 aliphatic rings. The molecule has 0 aliphatic carbocycles. The third kappa shape index (κ3) is 5.00. The number of aromatic nitrogens is 2. The first-order valence-corrected chi connectivity index (χ1v) is 6.51. The van der Waals surface area contributed by atoms with Crippen LogP contribution in [-0.4, -0.2) is 42.5 Å². The lowest BCUT2D eigenvalue weighted by molar-refractivity contribution is -0.121. The summed E-state index contributed by atoms with van der Waals surface area (Å²) < 4.78 is 6.74. The van der Waals surface area contributed by atoms with Gasteiger partial charge in [-0.1, -0.05) is 0 Å². The van der Waals surface area contributed by atoms with Crippen LogP contribution in [0.1, 0.15) is 23.4 Å². The highest BCUT2D eigenvalue weighted by atomic mass is 16.5. The molecule has 0 atom stereocenters. The molecule has 0 fully saturated rings. The second-order valence-corrected chi connectivity index (χ2v) is 4.54.